The standard InChI is InChI=1S/C20H17ClN2O2/c1-14-5-11-17(12-6-14)25-19(15-7-9-16(21)10-8-15)20(24)23-18-4-2-3-13-22-18/h2-13,19H,1H3,(H,22,23,24). The predicted octanol–water partition coefficient (Wildman–Crippen LogP) is 4.80. The lowest BCUT2D eigenvalue weighted by molar-refractivity contribution is -0.123. The van der Waals surface area contributed by atoms with Crippen LogP contribution in [0.15, 0.2) is 72.9 Å². The van der Waals surface area contributed by atoms with Crippen molar-refractivity contribution in [3.8, 4) is 5.75 Å². The van der Waals surface area contributed by atoms with Gasteiger partial charge in [-0.15, -0.1) is 0 Å². The van der Waals surface area contributed by atoms with Crippen molar-refractivity contribution in [3.63, 3.8) is 0 Å². The maximum Gasteiger partial charge on any atom is 0.271 e. The van der Waals surface area contributed by atoms with Crippen molar-refractivity contribution in [2.75, 3.05) is 5.32 Å². The van der Waals surface area contributed by atoms with Gasteiger partial charge in [0.1, 0.15) is 11.6 Å². The van der Waals surface area contributed by atoms with Crippen LogP contribution in [0.25, 0.3) is 0 Å². The molecule has 0 aliphatic heterocycles. The average Bonchev–Trinajstić information content (AvgIpc) is 2.63. The minimum Gasteiger partial charge on any atom is -0.476 e. The Hall–Kier alpha value is -2.85. The largest absolute Gasteiger partial charge is 0.476 e. The van der Waals surface area contributed by atoms with E-state index < -0.39 is 6.10 Å². The summed E-state index contributed by atoms with van der Waals surface area (Å²) in [5.74, 6) is 0.780. The molecule has 1 unspecified atom stereocenters. The van der Waals surface area contributed by atoms with E-state index in [4.69, 9.17) is 16.3 Å². The molecule has 1 amide bonds. The zero-order valence-corrected chi connectivity index (χ0v) is 14.4. The van der Waals surface area contributed by atoms with Crippen molar-refractivity contribution in [1.29, 1.82) is 0 Å². The number of aromatic nitrogens is 1. The molecule has 25 heavy (non-hydrogen) atoms. The van der Waals surface area contributed by atoms with E-state index in [2.05, 4.69) is 10.3 Å². The Morgan fingerprint density at radius 2 is 1.76 bits per heavy atom. The lowest BCUT2D eigenvalue weighted by Crippen LogP contribution is -2.26. The van der Waals surface area contributed by atoms with E-state index in [9.17, 15) is 4.79 Å². The van der Waals surface area contributed by atoms with E-state index >= 15 is 0 Å². The molecule has 1 N–H and O–H groups in total. The Bertz CT molecular complexity index is 834. The van der Waals surface area contributed by atoms with E-state index in [0.29, 0.717) is 22.2 Å². The Morgan fingerprint density at radius 3 is 2.40 bits per heavy atom. The van der Waals surface area contributed by atoms with Crippen LogP contribution in [0.3, 0.4) is 0 Å². The molecule has 0 radical (unpaired) electrons. The molecule has 2 aromatic carbocycles. The van der Waals surface area contributed by atoms with Crippen LogP contribution in [0, 0.1) is 6.92 Å². The fourth-order valence-electron chi connectivity index (χ4n) is 2.29. The second-order valence-corrected chi connectivity index (χ2v) is 6.00. The summed E-state index contributed by atoms with van der Waals surface area (Å²) in [6.45, 7) is 1.99. The lowest BCUT2D eigenvalue weighted by Gasteiger charge is -2.19. The zero-order chi connectivity index (χ0) is 17.6. The predicted molar refractivity (Wildman–Crippen MR) is 98.9 cm³/mol. The molecule has 3 aromatic rings. The van der Waals surface area contributed by atoms with Gasteiger partial charge >= 0.3 is 0 Å². The monoisotopic (exact) mass is 352 g/mol. The number of anilines is 1. The van der Waals surface area contributed by atoms with Crippen LogP contribution in [0.1, 0.15) is 17.2 Å². The number of hydrogen-bond donors (Lipinski definition) is 1. The molecule has 0 aliphatic rings. The van der Waals surface area contributed by atoms with E-state index in [1.165, 1.54) is 0 Å². The van der Waals surface area contributed by atoms with Gasteiger partial charge in [0, 0.05) is 16.8 Å². The normalized spacial score (nSPS) is 11.6. The molecule has 5 heteroatoms. The summed E-state index contributed by atoms with van der Waals surface area (Å²) >= 11 is 5.95. The molecule has 4 nitrogen and oxygen atoms in total. The molecule has 0 aliphatic carbocycles. The van der Waals surface area contributed by atoms with Crippen LogP contribution in [0.4, 0.5) is 5.82 Å². The van der Waals surface area contributed by atoms with Gasteiger partial charge in [0.2, 0.25) is 6.10 Å². The van der Waals surface area contributed by atoms with Crippen LogP contribution in [0.2, 0.25) is 5.02 Å². The minimum absolute atomic E-state index is 0.304. The fourth-order valence-corrected chi connectivity index (χ4v) is 2.42. The highest BCUT2D eigenvalue weighted by atomic mass is 35.5. The maximum absolute atomic E-state index is 12.8. The van der Waals surface area contributed by atoms with E-state index in [-0.39, 0.29) is 5.91 Å². The number of aryl methyl sites for hydroxylation is 1. The first-order valence-corrected chi connectivity index (χ1v) is 8.20. The van der Waals surface area contributed by atoms with Gasteiger partial charge in [-0.2, -0.15) is 0 Å². The molecule has 0 fully saturated rings. The number of ether oxygens (including phenoxy) is 1. The molecule has 0 spiro atoms. The van der Waals surface area contributed by atoms with Crippen molar-refractivity contribution < 1.29 is 9.53 Å². The third kappa shape index (κ3) is 4.58. The highest BCUT2D eigenvalue weighted by Crippen LogP contribution is 2.25. The molecule has 0 saturated carbocycles. The Balaban J connectivity index is 1.86. The Labute approximate surface area is 151 Å². The summed E-state index contributed by atoms with van der Waals surface area (Å²) in [4.78, 5) is 16.9. The summed E-state index contributed by atoms with van der Waals surface area (Å²) in [5, 5.41) is 3.38. The van der Waals surface area contributed by atoms with Gasteiger partial charge in [-0.1, -0.05) is 47.5 Å². The molecule has 1 aromatic heterocycles. The van der Waals surface area contributed by atoms with Gasteiger partial charge in [-0.3, -0.25) is 4.79 Å². The van der Waals surface area contributed by atoms with E-state index in [1.807, 2.05) is 31.2 Å². The van der Waals surface area contributed by atoms with Crippen LogP contribution in [-0.4, -0.2) is 10.9 Å². The Morgan fingerprint density at radius 1 is 1.04 bits per heavy atom. The topological polar surface area (TPSA) is 51.2 Å². The third-order valence-electron chi connectivity index (χ3n) is 3.60. The van der Waals surface area contributed by atoms with Gasteiger partial charge in [-0.05, 0) is 43.3 Å². The van der Waals surface area contributed by atoms with Crippen LogP contribution in [-0.2, 0) is 4.79 Å². The minimum atomic E-state index is -0.818. The van der Waals surface area contributed by atoms with Gasteiger partial charge in [-0.25, -0.2) is 4.98 Å². The summed E-state index contributed by atoms with van der Waals surface area (Å²) in [5.41, 5.74) is 1.83. The molecule has 1 atom stereocenters. The van der Waals surface area contributed by atoms with Crippen molar-refractivity contribution in [1.82, 2.24) is 4.98 Å². The van der Waals surface area contributed by atoms with Crippen molar-refractivity contribution >= 4 is 23.3 Å². The third-order valence-corrected chi connectivity index (χ3v) is 3.85. The fraction of sp³-hybridized carbons (Fsp3) is 0.100. The highest BCUT2D eigenvalue weighted by molar-refractivity contribution is 6.30. The number of carbonyl (C=O) groups excluding carboxylic acids is 1. The van der Waals surface area contributed by atoms with Crippen LogP contribution < -0.4 is 10.1 Å². The quantitative estimate of drug-likeness (QED) is 0.717. The summed E-state index contributed by atoms with van der Waals surface area (Å²) in [7, 11) is 0. The number of carbonyl (C=O) groups is 1. The molecule has 0 saturated heterocycles. The first-order chi connectivity index (χ1) is 12.1. The molecule has 3 rings (SSSR count). The van der Waals surface area contributed by atoms with Crippen molar-refractivity contribution in [2.45, 2.75) is 13.0 Å². The summed E-state index contributed by atoms with van der Waals surface area (Å²) < 4.78 is 5.95. The smallest absolute Gasteiger partial charge is 0.271 e. The average molecular weight is 353 g/mol. The van der Waals surface area contributed by atoms with Crippen molar-refractivity contribution in [2.24, 2.45) is 0 Å². The number of halogens is 1. The first-order valence-electron chi connectivity index (χ1n) is 7.82. The number of nitrogens with one attached hydrogen (secondary N) is 1. The van der Waals surface area contributed by atoms with Gasteiger partial charge < -0.3 is 10.1 Å². The molecule has 126 valence electrons. The maximum atomic E-state index is 12.8. The lowest BCUT2D eigenvalue weighted by atomic mass is 10.1. The van der Waals surface area contributed by atoms with E-state index in [0.717, 1.165) is 5.56 Å². The SMILES string of the molecule is Cc1ccc(OC(C(=O)Nc2ccccn2)c2ccc(Cl)cc2)cc1. The highest BCUT2D eigenvalue weighted by Gasteiger charge is 2.23. The van der Waals surface area contributed by atoms with E-state index in [1.54, 1.807) is 48.7 Å². The van der Waals surface area contributed by atoms with Gasteiger partial charge in [0.05, 0.1) is 0 Å². The Kier molecular flexibility index (Phi) is 5.31. The second kappa shape index (κ2) is 7.81. The first kappa shape index (κ1) is 17.0. The number of hydrogen-bond acceptors (Lipinski definition) is 3. The van der Waals surface area contributed by atoms with Crippen LogP contribution in [0.5, 0.6) is 5.75 Å². The van der Waals surface area contributed by atoms with Gasteiger partial charge in [0.25, 0.3) is 5.91 Å². The number of nitrogens with zero attached hydrogens (tertiary/aromatic N) is 1. The molecule has 0 bridgehead atoms. The second-order valence-electron chi connectivity index (χ2n) is 5.57. The molecular weight excluding hydrogens is 336 g/mol. The molecular formula is C20H17ClN2O2. The number of rotatable bonds is 5. The number of benzene rings is 2. The number of pyridine rings is 1. The number of amides is 1. The summed E-state index contributed by atoms with van der Waals surface area (Å²) in [6.07, 6.45) is 0.801. The van der Waals surface area contributed by atoms with Crippen LogP contribution >= 0.6 is 11.6 Å². The summed E-state index contributed by atoms with van der Waals surface area (Å²) in [6, 6.07) is 19.9. The van der Waals surface area contributed by atoms with Crippen molar-refractivity contribution in [3.05, 3.63) is 89.1 Å². The van der Waals surface area contributed by atoms with Gasteiger partial charge in [0.15, 0.2) is 0 Å². The molecule has 1 heterocycles. The zero-order valence-electron chi connectivity index (χ0n) is 13.6.